The van der Waals surface area contributed by atoms with Crippen LogP contribution in [0.4, 0.5) is 0 Å². The number of carbonyl (C=O) groups is 2. The van der Waals surface area contributed by atoms with E-state index in [9.17, 15) is 9.59 Å². The van der Waals surface area contributed by atoms with Gasteiger partial charge in [0.2, 0.25) is 5.91 Å². The van der Waals surface area contributed by atoms with Gasteiger partial charge in [-0.25, -0.2) is 0 Å². The van der Waals surface area contributed by atoms with Crippen molar-refractivity contribution in [3.63, 3.8) is 0 Å². The lowest BCUT2D eigenvalue weighted by atomic mass is 9.85. The van der Waals surface area contributed by atoms with Gasteiger partial charge in [-0.2, -0.15) is 0 Å². The monoisotopic (exact) mass is 425 g/mol. The first-order chi connectivity index (χ1) is 14.5. The number of fused-ring (bicyclic) bond motifs is 3. The molecule has 4 heterocycles. The molecular formula is C23H27N3O3S. The van der Waals surface area contributed by atoms with E-state index in [1.54, 1.807) is 22.5 Å². The van der Waals surface area contributed by atoms with Gasteiger partial charge < -0.3 is 19.2 Å². The first-order valence-electron chi connectivity index (χ1n) is 10.7. The van der Waals surface area contributed by atoms with Gasteiger partial charge in [0.25, 0.3) is 5.91 Å². The van der Waals surface area contributed by atoms with E-state index in [1.807, 2.05) is 41.1 Å². The van der Waals surface area contributed by atoms with Crippen LogP contribution in [-0.4, -0.2) is 32.9 Å². The molecular weight excluding hydrogens is 398 g/mol. The van der Waals surface area contributed by atoms with Crippen molar-refractivity contribution in [2.45, 2.75) is 64.2 Å². The lowest BCUT2D eigenvalue weighted by molar-refractivity contribution is -0.134. The molecule has 3 atom stereocenters. The van der Waals surface area contributed by atoms with E-state index in [0.29, 0.717) is 23.9 Å². The average Bonchev–Trinajstić information content (AvgIpc) is 3.45. The fourth-order valence-corrected chi connectivity index (χ4v) is 5.76. The maximum Gasteiger partial charge on any atom is 0.271 e. The van der Waals surface area contributed by atoms with Gasteiger partial charge in [-0.3, -0.25) is 9.59 Å². The van der Waals surface area contributed by atoms with Crippen LogP contribution in [0.3, 0.4) is 0 Å². The van der Waals surface area contributed by atoms with E-state index >= 15 is 0 Å². The second-order valence-corrected chi connectivity index (χ2v) is 9.82. The molecule has 0 radical (unpaired) electrons. The molecule has 6 nitrogen and oxygen atoms in total. The topological polar surface area (TPSA) is 67.5 Å². The highest BCUT2D eigenvalue weighted by Gasteiger charge is 2.48. The Morgan fingerprint density at radius 2 is 2.17 bits per heavy atom. The number of aromatic nitrogens is 1. The lowest BCUT2D eigenvalue weighted by Gasteiger charge is -2.45. The highest BCUT2D eigenvalue weighted by molar-refractivity contribution is 7.17. The van der Waals surface area contributed by atoms with Crippen molar-refractivity contribution < 1.29 is 14.0 Å². The number of nitrogens with one attached hydrogen (secondary N) is 1. The highest BCUT2D eigenvalue weighted by Crippen LogP contribution is 2.36. The quantitative estimate of drug-likeness (QED) is 0.673. The fraction of sp³-hybridized carbons (Fsp3) is 0.478. The van der Waals surface area contributed by atoms with Gasteiger partial charge in [0.15, 0.2) is 0 Å². The predicted molar refractivity (Wildman–Crippen MR) is 116 cm³/mol. The summed E-state index contributed by atoms with van der Waals surface area (Å²) >= 11 is 1.62. The molecule has 1 aliphatic carbocycles. The maximum atomic E-state index is 13.7. The Morgan fingerprint density at radius 1 is 1.33 bits per heavy atom. The molecule has 3 unspecified atom stereocenters. The molecule has 158 valence electrons. The summed E-state index contributed by atoms with van der Waals surface area (Å²) in [5, 5.41) is 5.33. The molecule has 1 saturated carbocycles. The number of furan rings is 1. The smallest absolute Gasteiger partial charge is 0.271 e. The van der Waals surface area contributed by atoms with Crippen molar-refractivity contribution in [1.82, 2.24) is 14.8 Å². The maximum absolute atomic E-state index is 13.7. The molecule has 2 aliphatic rings. The minimum atomic E-state index is -0.998. The predicted octanol–water partition coefficient (Wildman–Crippen LogP) is 4.41. The zero-order valence-corrected chi connectivity index (χ0v) is 18.2. The van der Waals surface area contributed by atoms with Crippen molar-refractivity contribution in [3.05, 3.63) is 47.4 Å². The molecule has 3 aromatic heterocycles. The largest absolute Gasteiger partial charge is 0.467 e. The summed E-state index contributed by atoms with van der Waals surface area (Å²) in [5.74, 6) is 0.921. The third-order valence-electron chi connectivity index (χ3n) is 6.86. The number of hydrogen-bond acceptors (Lipinski definition) is 4. The van der Waals surface area contributed by atoms with Gasteiger partial charge in [0.1, 0.15) is 17.0 Å². The van der Waals surface area contributed by atoms with Crippen LogP contribution in [0.25, 0.3) is 10.2 Å². The number of amides is 2. The van der Waals surface area contributed by atoms with Gasteiger partial charge in [0.05, 0.1) is 29.6 Å². The number of rotatable bonds is 4. The highest BCUT2D eigenvalue weighted by atomic mass is 32.1. The molecule has 1 aliphatic heterocycles. The summed E-state index contributed by atoms with van der Waals surface area (Å²) in [6, 6.07) is 7.79. The summed E-state index contributed by atoms with van der Waals surface area (Å²) in [5.41, 5.74) is 0.660. The van der Waals surface area contributed by atoms with Gasteiger partial charge in [-0.15, -0.1) is 11.3 Å². The van der Waals surface area contributed by atoms with Gasteiger partial charge >= 0.3 is 0 Å². The summed E-state index contributed by atoms with van der Waals surface area (Å²) in [4.78, 5) is 28.9. The molecule has 1 N–H and O–H groups in total. The summed E-state index contributed by atoms with van der Waals surface area (Å²) in [6.45, 7) is 4.80. The van der Waals surface area contributed by atoms with Crippen LogP contribution in [0.1, 0.15) is 55.8 Å². The second-order valence-electron chi connectivity index (χ2n) is 8.87. The number of nitrogens with zero attached hydrogens (tertiary/aromatic N) is 2. The zero-order valence-electron chi connectivity index (χ0n) is 17.4. The van der Waals surface area contributed by atoms with Crippen LogP contribution in [0.5, 0.6) is 0 Å². The standard InChI is InChI=1S/C23H27N3O3S/c1-15-6-3-4-8-17(15)24-22(28)23(2)14-25-18-9-11-30-20(18)12-19(25)21(27)26(23)13-16-7-5-10-29-16/h5,7,9-12,15,17H,3-4,6,8,13-14H2,1-2H3,(H,24,28). The fourth-order valence-electron chi connectivity index (χ4n) is 4.93. The van der Waals surface area contributed by atoms with Crippen molar-refractivity contribution in [2.75, 3.05) is 0 Å². The van der Waals surface area contributed by atoms with E-state index < -0.39 is 5.54 Å². The Morgan fingerprint density at radius 3 is 2.93 bits per heavy atom. The second kappa shape index (κ2) is 7.30. The molecule has 2 amide bonds. The Balaban J connectivity index is 1.53. The molecule has 7 heteroatoms. The van der Waals surface area contributed by atoms with E-state index in [4.69, 9.17) is 4.42 Å². The molecule has 3 aromatic rings. The Bertz CT molecular complexity index is 1080. The summed E-state index contributed by atoms with van der Waals surface area (Å²) in [6.07, 6.45) is 6.09. The molecule has 0 bridgehead atoms. The summed E-state index contributed by atoms with van der Waals surface area (Å²) < 4.78 is 8.61. The third-order valence-corrected chi connectivity index (χ3v) is 7.71. The Hall–Kier alpha value is -2.54. The number of thiophene rings is 1. The van der Waals surface area contributed by atoms with E-state index in [2.05, 4.69) is 12.2 Å². The SMILES string of the molecule is CC1CCCCC1NC(=O)C1(C)Cn2c(cc3sccc32)C(=O)N1Cc1ccco1. The number of hydrogen-bond donors (Lipinski definition) is 1. The third kappa shape index (κ3) is 3.07. The Kier molecular flexibility index (Phi) is 4.73. The zero-order chi connectivity index (χ0) is 20.9. The molecule has 30 heavy (non-hydrogen) atoms. The van der Waals surface area contributed by atoms with Crippen LogP contribution in [0.2, 0.25) is 0 Å². The molecule has 5 rings (SSSR count). The lowest BCUT2D eigenvalue weighted by Crippen LogP contribution is -2.65. The van der Waals surface area contributed by atoms with Crippen molar-refractivity contribution in [3.8, 4) is 0 Å². The van der Waals surface area contributed by atoms with Crippen LogP contribution in [-0.2, 0) is 17.9 Å². The summed E-state index contributed by atoms with van der Waals surface area (Å²) in [7, 11) is 0. The van der Waals surface area contributed by atoms with Crippen LogP contribution in [0.15, 0.2) is 40.3 Å². The molecule has 0 spiro atoms. The molecule has 0 saturated heterocycles. The minimum absolute atomic E-state index is 0.0797. The molecule has 1 fully saturated rings. The van der Waals surface area contributed by atoms with Crippen molar-refractivity contribution in [1.29, 1.82) is 0 Å². The first-order valence-corrected chi connectivity index (χ1v) is 11.6. The van der Waals surface area contributed by atoms with E-state index in [1.165, 1.54) is 6.42 Å². The first kappa shape index (κ1) is 19.4. The van der Waals surface area contributed by atoms with Crippen LogP contribution < -0.4 is 5.32 Å². The van der Waals surface area contributed by atoms with Gasteiger partial charge in [-0.05, 0) is 55.3 Å². The number of carbonyl (C=O) groups excluding carboxylic acids is 2. The van der Waals surface area contributed by atoms with Crippen molar-refractivity contribution >= 4 is 33.4 Å². The average molecular weight is 426 g/mol. The van der Waals surface area contributed by atoms with Gasteiger partial charge in [0, 0.05) is 6.04 Å². The normalized spacial score (nSPS) is 26.7. The van der Waals surface area contributed by atoms with Gasteiger partial charge in [-0.1, -0.05) is 19.8 Å². The van der Waals surface area contributed by atoms with E-state index in [-0.39, 0.29) is 24.4 Å². The van der Waals surface area contributed by atoms with Crippen LogP contribution >= 0.6 is 11.3 Å². The van der Waals surface area contributed by atoms with Crippen LogP contribution in [0, 0.1) is 5.92 Å². The Labute approximate surface area is 179 Å². The van der Waals surface area contributed by atoms with E-state index in [0.717, 1.165) is 29.5 Å². The molecule has 0 aromatic carbocycles. The minimum Gasteiger partial charge on any atom is -0.467 e. The van der Waals surface area contributed by atoms with Crippen molar-refractivity contribution in [2.24, 2.45) is 5.92 Å².